The van der Waals surface area contributed by atoms with Gasteiger partial charge < -0.3 is 9.69 Å². The molecule has 0 aliphatic heterocycles. The van der Waals surface area contributed by atoms with Crippen molar-refractivity contribution in [1.29, 1.82) is 0 Å². The van der Waals surface area contributed by atoms with Crippen LogP contribution in [0.4, 0.5) is 5.69 Å². The van der Waals surface area contributed by atoms with E-state index in [1.165, 1.54) is 18.1 Å². The number of allylic oxidation sites excluding steroid dienone is 1. The van der Waals surface area contributed by atoms with Crippen molar-refractivity contribution in [3.63, 3.8) is 0 Å². The molecule has 0 heterocycles. The number of anilines is 1. The Morgan fingerprint density at radius 1 is 1.00 bits per heavy atom. The molecule has 4 nitrogen and oxygen atoms in total. The first kappa shape index (κ1) is 21.2. The van der Waals surface area contributed by atoms with Gasteiger partial charge in [-0.15, -0.1) is 0 Å². The number of aldehydes is 2. The molecule has 0 radical (unpaired) electrons. The van der Waals surface area contributed by atoms with Crippen LogP contribution in [0.25, 0.3) is 6.08 Å². The van der Waals surface area contributed by atoms with Crippen LogP contribution >= 0.6 is 0 Å². The van der Waals surface area contributed by atoms with Crippen LogP contribution in [0, 0.1) is 11.8 Å². The van der Waals surface area contributed by atoms with Gasteiger partial charge in [-0.1, -0.05) is 61.7 Å². The summed E-state index contributed by atoms with van der Waals surface area (Å²) in [5.41, 5.74) is 4.03. The van der Waals surface area contributed by atoms with E-state index in [0.717, 1.165) is 61.5 Å². The molecule has 2 aliphatic rings. The first-order valence-electron chi connectivity index (χ1n) is 11.3. The Hall–Kier alpha value is -3.01. The molecule has 0 aromatic heterocycles. The zero-order valence-corrected chi connectivity index (χ0v) is 17.8. The third-order valence-corrected chi connectivity index (χ3v) is 6.53. The maximum atomic E-state index is 13.5. The number of benzene rings is 2. The molecule has 160 valence electrons. The Morgan fingerprint density at radius 3 is 2.45 bits per heavy atom. The maximum Gasteiger partial charge on any atom is 0.230 e. The van der Waals surface area contributed by atoms with Crippen molar-refractivity contribution in [3.05, 3.63) is 71.3 Å². The van der Waals surface area contributed by atoms with Gasteiger partial charge in [0, 0.05) is 17.5 Å². The zero-order chi connectivity index (χ0) is 21.6. The number of hydrogen-bond donors (Lipinski definition) is 0. The van der Waals surface area contributed by atoms with Gasteiger partial charge in [0.1, 0.15) is 12.6 Å². The quantitative estimate of drug-likeness (QED) is 0.433. The van der Waals surface area contributed by atoms with Gasteiger partial charge in [0.2, 0.25) is 5.91 Å². The molecule has 31 heavy (non-hydrogen) atoms. The third-order valence-electron chi connectivity index (χ3n) is 6.53. The molecule has 4 heteroatoms. The van der Waals surface area contributed by atoms with Crippen molar-refractivity contribution < 1.29 is 14.4 Å². The van der Waals surface area contributed by atoms with Gasteiger partial charge in [0.05, 0.1) is 6.54 Å². The summed E-state index contributed by atoms with van der Waals surface area (Å²) in [6.07, 6.45) is 11.3. The Kier molecular flexibility index (Phi) is 6.76. The first-order valence-corrected chi connectivity index (χ1v) is 11.3. The van der Waals surface area contributed by atoms with Crippen molar-refractivity contribution >= 4 is 30.2 Å². The zero-order valence-electron chi connectivity index (χ0n) is 17.8. The fourth-order valence-electron chi connectivity index (χ4n) is 4.61. The highest BCUT2D eigenvalue weighted by atomic mass is 16.2. The average Bonchev–Trinajstić information content (AvgIpc) is 3.62. The molecule has 0 saturated heterocycles. The molecule has 0 N–H and O–H groups in total. The molecule has 0 spiro atoms. The normalized spacial score (nSPS) is 21.0. The van der Waals surface area contributed by atoms with Gasteiger partial charge in [0.25, 0.3) is 0 Å². The fourth-order valence-corrected chi connectivity index (χ4v) is 4.61. The number of carbonyl (C=O) groups is 3. The van der Waals surface area contributed by atoms with E-state index in [4.69, 9.17) is 0 Å². The molecule has 2 unspecified atom stereocenters. The molecule has 4 rings (SSSR count). The Morgan fingerprint density at radius 2 is 1.77 bits per heavy atom. The van der Waals surface area contributed by atoms with Crippen LogP contribution in [-0.4, -0.2) is 18.5 Å². The topological polar surface area (TPSA) is 54.5 Å². The van der Waals surface area contributed by atoms with E-state index in [0.29, 0.717) is 12.5 Å². The van der Waals surface area contributed by atoms with E-state index < -0.39 is 0 Å². The minimum atomic E-state index is 0.0713. The summed E-state index contributed by atoms with van der Waals surface area (Å²) in [7, 11) is 0. The lowest BCUT2D eigenvalue weighted by atomic mass is 9.88. The molecule has 2 fully saturated rings. The smallest absolute Gasteiger partial charge is 0.230 e. The summed E-state index contributed by atoms with van der Waals surface area (Å²) in [5.74, 6) is 0.774. The molecule has 2 aliphatic carbocycles. The second kappa shape index (κ2) is 9.86. The van der Waals surface area contributed by atoms with Gasteiger partial charge in [-0.05, 0) is 60.1 Å². The van der Waals surface area contributed by atoms with Crippen LogP contribution in [0.2, 0.25) is 0 Å². The van der Waals surface area contributed by atoms with Crippen molar-refractivity contribution in [1.82, 2.24) is 0 Å². The molecular formula is C27H29NO3. The largest absolute Gasteiger partial charge is 0.308 e. The van der Waals surface area contributed by atoms with E-state index in [2.05, 4.69) is 24.3 Å². The van der Waals surface area contributed by atoms with Gasteiger partial charge in [-0.2, -0.15) is 0 Å². The number of rotatable bonds is 8. The van der Waals surface area contributed by atoms with Gasteiger partial charge in [0.15, 0.2) is 0 Å². The maximum absolute atomic E-state index is 13.5. The molecule has 2 saturated carbocycles. The summed E-state index contributed by atoms with van der Waals surface area (Å²) < 4.78 is 0. The average molecular weight is 416 g/mol. The highest BCUT2D eigenvalue weighted by Crippen LogP contribution is 2.45. The van der Waals surface area contributed by atoms with Gasteiger partial charge in [-0.25, -0.2) is 0 Å². The Balaban J connectivity index is 1.57. The first-order chi connectivity index (χ1) is 15.2. The second-order valence-electron chi connectivity index (χ2n) is 8.73. The van der Waals surface area contributed by atoms with E-state index in [-0.39, 0.29) is 17.7 Å². The Bertz CT molecular complexity index is 957. The Labute approximate surface area is 184 Å². The van der Waals surface area contributed by atoms with Crippen LogP contribution in [-0.2, 0) is 20.9 Å². The highest BCUT2D eigenvalue weighted by Gasteiger charge is 2.37. The van der Waals surface area contributed by atoms with Crippen LogP contribution in [0.3, 0.4) is 0 Å². The molecule has 2 aromatic rings. The number of carbonyl (C=O) groups excluding carboxylic acids is 3. The third kappa shape index (κ3) is 5.19. The number of nitrogens with zero attached hydrogens (tertiary/aromatic N) is 1. The predicted octanol–water partition coefficient (Wildman–Crippen LogP) is 5.31. The molecule has 0 bridgehead atoms. The number of hydrogen-bond acceptors (Lipinski definition) is 3. The minimum Gasteiger partial charge on any atom is -0.308 e. The lowest BCUT2D eigenvalue weighted by Gasteiger charge is -2.30. The van der Waals surface area contributed by atoms with Gasteiger partial charge >= 0.3 is 0 Å². The molecule has 2 atom stereocenters. The molecule has 2 aromatic carbocycles. The van der Waals surface area contributed by atoms with E-state index in [9.17, 15) is 14.4 Å². The SMILES string of the molecule is O=C/C=C/c1cccc(N(Cc2ccc(C3CC3C=O)cc2)C(=O)C2CCCCC2)c1. The van der Waals surface area contributed by atoms with Crippen molar-refractivity contribution in [2.45, 2.75) is 51.0 Å². The van der Waals surface area contributed by atoms with Crippen LogP contribution in [0.5, 0.6) is 0 Å². The lowest BCUT2D eigenvalue weighted by Crippen LogP contribution is -2.36. The van der Waals surface area contributed by atoms with E-state index in [1.54, 1.807) is 6.08 Å². The highest BCUT2D eigenvalue weighted by molar-refractivity contribution is 5.95. The van der Waals surface area contributed by atoms with Crippen LogP contribution in [0.15, 0.2) is 54.6 Å². The number of amides is 1. The summed E-state index contributed by atoms with van der Waals surface area (Å²) in [4.78, 5) is 37.1. The van der Waals surface area contributed by atoms with Crippen LogP contribution in [0.1, 0.15) is 61.1 Å². The summed E-state index contributed by atoms with van der Waals surface area (Å²) in [6.45, 7) is 0.512. The van der Waals surface area contributed by atoms with Crippen molar-refractivity contribution in [2.75, 3.05) is 4.90 Å². The standard InChI is InChI=1S/C27H29NO3/c29-15-5-7-20-6-4-10-25(16-20)28(27(31)23-8-2-1-3-9-23)18-21-11-13-22(14-12-21)26-17-24(26)19-30/h4-7,10-16,19,23-24,26H,1-3,8-9,17-18H2/b7-5+. The van der Waals surface area contributed by atoms with E-state index >= 15 is 0 Å². The monoisotopic (exact) mass is 415 g/mol. The van der Waals surface area contributed by atoms with Gasteiger partial charge in [-0.3, -0.25) is 9.59 Å². The molecular weight excluding hydrogens is 386 g/mol. The lowest BCUT2D eigenvalue weighted by molar-refractivity contribution is -0.123. The summed E-state index contributed by atoms with van der Waals surface area (Å²) >= 11 is 0. The second-order valence-corrected chi connectivity index (χ2v) is 8.73. The fraction of sp³-hybridized carbons (Fsp3) is 0.370. The minimum absolute atomic E-state index is 0.0713. The summed E-state index contributed by atoms with van der Waals surface area (Å²) in [6, 6.07) is 16.1. The van der Waals surface area contributed by atoms with Crippen molar-refractivity contribution in [3.8, 4) is 0 Å². The van der Waals surface area contributed by atoms with Crippen LogP contribution < -0.4 is 4.90 Å². The van der Waals surface area contributed by atoms with E-state index in [1.807, 2.05) is 29.2 Å². The van der Waals surface area contributed by atoms with Crippen molar-refractivity contribution in [2.24, 2.45) is 11.8 Å². The molecule has 1 amide bonds. The summed E-state index contributed by atoms with van der Waals surface area (Å²) in [5, 5.41) is 0. The predicted molar refractivity (Wildman–Crippen MR) is 123 cm³/mol.